The average molecular weight is 368 g/mol. The van der Waals surface area contributed by atoms with Crippen molar-refractivity contribution in [3.63, 3.8) is 0 Å². The van der Waals surface area contributed by atoms with Crippen LogP contribution in [-0.4, -0.2) is 22.4 Å². The van der Waals surface area contributed by atoms with Crippen LogP contribution >= 0.6 is 0 Å². The maximum Gasteiger partial charge on any atom is 0.258 e. The monoisotopic (exact) mass is 368 g/mol. The van der Waals surface area contributed by atoms with Crippen LogP contribution in [0.1, 0.15) is 22.8 Å². The normalized spacial score (nSPS) is 10.5. The minimum Gasteiger partial charge on any atom is -0.319 e. The number of hydrogen-bond acceptors (Lipinski definition) is 4. The van der Waals surface area contributed by atoms with Crippen LogP contribution in [-0.2, 0) is 0 Å². The zero-order chi connectivity index (χ0) is 19.4. The van der Waals surface area contributed by atoms with Crippen molar-refractivity contribution < 1.29 is 13.6 Å². The summed E-state index contributed by atoms with van der Waals surface area (Å²) in [4.78, 5) is 22.7. The molecule has 0 atom stereocenters. The number of anilines is 3. The third kappa shape index (κ3) is 4.25. The minimum atomic E-state index is -0.850. The molecule has 3 rings (SSSR count). The zero-order valence-corrected chi connectivity index (χ0v) is 14.9. The van der Waals surface area contributed by atoms with Gasteiger partial charge in [-0.25, -0.2) is 18.7 Å². The molecule has 0 bridgehead atoms. The van der Waals surface area contributed by atoms with E-state index in [-0.39, 0.29) is 11.3 Å². The fraction of sp³-hybridized carbons (Fsp3) is 0.150. The van der Waals surface area contributed by atoms with Crippen LogP contribution in [0.3, 0.4) is 0 Å². The summed E-state index contributed by atoms with van der Waals surface area (Å²) in [5, 5.41) is 2.38. The Morgan fingerprint density at radius 2 is 1.85 bits per heavy atom. The Balaban J connectivity index is 1.78. The molecule has 0 spiro atoms. The van der Waals surface area contributed by atoms with Crippen LogP contribution in [0.15, 0.2) is 54.9 Å². The van der Waals surface area contributed by atoms with Gasteiger partial charge >= 0.3 is 0 Å². The molecule has 0 unspecified atom stereocenters. The Morgan fingerprint density at radius 3 is 2.48 bits per heavy atom. The molecular formula is C20H18F2N4O. The SMILES string of the molecule is CCN(c1cccc(C)c1)c1ncc(C(=O)Nc2ccc(F)cc2F)cn1. The molecule has 2 aromatic carbocycles. The summed E-state index contributed by atoms with van der Waals surface area (Å²) in [7, 11) is 0. The van der Waals surface area contributed by atoms with Gasteiger partial charge in [-0.3, -0.25) is 4.79 Å². The van der Waals surface area contributed by atoms with Crippen LogP contribution in [0.4, 0.5) is 26.1 Å². The number of carbonyl (C=O) groups excluding carboxylic acids is 1. The molecule has 0 fully saturated rings. The van der Waals surface area contributed by atoms with E-state index in [2.05, 4.69) is 15.3 Å². The van der Waals surface area contributed by atoms with Gasteiger partial charge in [0.15, 0.2) is 0 Å². The Labute approximate surface area is 155 Å². The number of hydrogen-bond donors (Lipinski definition) is 1. The van der Waals surface area contributed by atoms with Crippen molar-refractivity contribution in [2.24, 2.45) is 0 Å². The lowest BCUT2D eigenvalue weighted by molar-refractivity contribution is 0.102. The summed E-state index contributed by atoms with van der Waals surface area (Å²) in [6.07, 6.45) is 2.75. The largest absolute Gasteiger partial charge is 0.319 e. The highest BCUT2D eigenvalue weighted by atomic mass is 19.1. The zero-order valence-electron chi connectivity index (χ0n) is 14.9. The number of nitrogens with one attached hydrogen (secondary N) is 1. The minimum absolute atomic E-state index is 0.111. The molecule has 0 aliphatic heterocycles. The molecule has 0 aliphatic carbocycles. The van der Waals surface area contributed by atoms with Crippen molar-refractivity contribution >= 4 is 23.2 Å². The van der Waals surface area contributed by atoms with Crippen molar-refractivity contribution in [1.29, 1.82) is 0 Å². The second-order valence-corrected chi connectivity index (χ2v) is 5.93. The fourth-order valence-corrected chi connectivity index (χ4v) is 2.60. The van der Waals surface area contributed by atoms with Gasteiger partial charge in [0.25, 0.3) is 5.91 Å². The first kappa shape index (κ1) is 18.4. The number of amides is 1. The van der Waals surface area contributed by atoms with Gasteiger partial charge in [0.2, 0.25) is 5.95 Å². The molecule has 1 amide bonds. The molecule has 0 saturated carbocycles. The predicted octanol–water partition coefficient (Wildman–Crippen LogP) is 4.47. The first-order chi connectivity index (χ1) is 13.0. The Hall–Kier alpha value is -3.35. The molecule has 7 heteroatoms. The van der Waals surface area contributed by atoms with Gasteiger partial charge in [0, 0.05) is 30.7 Å². The number of aromatic nitrogens is 2. The molecule has 3 aromatic rings. The molecule has 1 aromatic heterocycles. The molecular weight excluding hydrogens is 350 g/mol. The first-order valence-electron chi connectivity index (χ1n) is 8.40. The molecule has 1 N–H and O–H groups in total. The van der Waals surface area contributed by atoms with E-state index in [9.17, 15) is 13.6 Å². The van der Waals surface area contributed by atoms with Gasteiger partial charge in [0.1, 0.15) is 11.6 Å². The lowest BCUT2D eigenvalue weighted by Gasteiger charge is -2.21. The maximum absolute atomic E-state index is 13.7. The third-order valence-corrected chi connectivity index (χ3v) is 3.95. The van der Waals surface area contributed by atoms with Crippen LogP contribution in [0, 0.1) is 18.6 Å². The van der Waals surface area contributed by atoms with E-state index < -0.39 is 17.5 Å². The highest BCUT2D eigenvalue weighted by molar-refractivity contribution is 6.04. The Morgan fingerprint density at radius 1 is 1.11 bits per heavy atom. The maximum atomic E-state index is 13.7. The quantitative estimate of drug-likeness (QED) is 0.722. The van der Waals surface area contributed by atoms with Gasteiger partial charge in [-0.15, -0.1) is 0 Å². The topological polar surface area (TPSA) is 58.1 Å². The number of nitrogens with zero attached hydrogens (tertiary/aromatic N) is 3. The fourth-order valence-electron chi connectivity index (χ4n) is 2.60. The van der Waals surface area contributed by atoms with E-state index in [4.69, 9.17) is 0 Å². The predicted molar refractivity (Wildman–Crippen MR) is 100 cm³/mol. The lowest BCUT2D eigenvalue weighted by atomic mass is 10.2. The second kappa shape index (κ2) is 7.90. The van der Waals surface area contributed by atoms with Crippen LogP contribution < -0.4 is 10.2 Å². The van der Waals surface area contributed by atoms with Gasteiger partial charge in [-0.2, -0.15) is 0 Å². The lowest BCUT2D eigenvalue weighted by Crippen LogP contribution is -2.20. The van der Waals surface area contributed by atoms with E-state index in [0.29, 0.717) is 18.6 Å². The van der Waals surface area contributed by atoms with Gasteiger partial charge < -0.3 is 10.2 Å². The van der Waals surface area contributed by atoms with E-state index in [1.165, 1.54) is 12.4 Å². The first-order valence-corrected chi connectivity index (χ1v) is 8.40. The van der Waals surface area contributed by atoms with Crippen molar-refractivity contribution in [2.45, 2.75) is 13.8 Å². The van der Waals surface area contributed by atoms with Gasteiger partial charge in [0.05, 0.1) is 11.3 Å². The van der Waals surface area contributed by atoms with Gasteiger partial charge in [-0.1, -0.05) is 12.1 Å². The van der Waals surface area contributed by atoms with Gasteiger partial charge in [-0.05, 0) is 43.7 Å². The van der Waals surface area contributed by atoms with E-state index in [1.807, 2.05) is 43.0 Å². The molecule has 0 saturated heterocycles. The van der Waals surface area contributed by atoms with Crippen molar-refractivity contribution in [3.05, 3.63) is 77.6 Å². The highest BCUT2D eigenvalue weighted by Crippen LogP contribution is 2.22. The van der Waals surface area contributed by atoms with Crippen LogP contribution in [0.2, 0.25) is 0 Å². The second-order valence-electron chi connectivity index (χ2n) is 5.93. The van der Waals surface area contributed by atoms with Crippen molar-refractivity contribution in [1.82, 2.24) is 9.97 Å². The van der Waals surface area contributed by atoms with E-state index >= 15 is 0 Å². The number of benzene rings is 2. The number of rotatable bonds is 5. The summed E-state index contributed by atoms with van der Waals surface area (Å²) >= 11 is 0. The summed E-state index contributed by atoms with van der Waals surface area (Å²) in [5.74, 6) is -1.69. The summed E-state index contributed by atoms with van der Waals surface area (Å²) in [6.45, 7) is 4.62. The summed E-state index contributed by atoms with van der Waals surface area (Å²) in [5.41, 5.74) is 2.12. The van der Waals surface area contributed by atoms with Crippen LogP contribution in [0.5, 0.6) is 0 Å². The third-order valence-electron chi connectivity index (χ3n) is 3.95. The number of aryl methyl sites for hydroxylation is 1. The highest BCUT2D eigenvalue weighted by Gasteiger charge is 2.14. The van der Waals surface area contributed by atoms with Crippen molar-refractivity contribution in [3.8, 4) is 0 Å². The van der Waals surface area contributed by atoms with Crippen molar-refractivity contribution in [2.75, 3.05) is 16.8 Å². The molecule has 0 radical (unpaired) electrons. The standard InChI is InChI=1S/C20H18F2N4O/c1-3-26(16-6-4-5-13(2)9-16)20-23-11-14(12-24-20)19(27)25-18-8-7-15(21)10-17(18)22/h4-12H,3H2,1-2H3,(H,25,27). The molecule has 27 heavy (non-hydrogen) atoms. The molecule has 138 valence electrons. The molecule has 1 heterocycles. The smallest absolute Gasteiger partial charge is 0.258 e. The van der Waals surface area contributed by atoms with Crippen LogP contribution in [0.25, 0.3) is 0 Å². The summed E-state index contributed by atoms with van der Waals surface area (Å²) in [6, 6.07) is 10.9. The number of halogens is 2. The molecule has 0 aliphatic rings. The Bertz CT molecular complexity index is 960. The Kier molecular flexibility index (Phi) is 5.40. The average Bonchev–Trinajstić information content (AvgIpc) is 2.65. The summed E-state index contributed by atoms with van der Waals surface area (Å²) < 4.78 is 26.6. The van der Waals surface area contributed by atoms with E-state index in [1.54, 1.807) is 0 Å². The number of carbonyl (C=O) groups is 1. The van der Waals surface area contributed by atoms with E-state index in [0.717, 1.165) is 23.4 Å². The molecule has 5 nitrogen and oxygen atoms in total.